The zero-order valence-electron chi connectivity index (χ0n) is 19.3. The summed E-state index contributed by atoms with van der Waals surface area (Å²) in [7, 11) is -3.20. The van der Waals surface area contributed by atoms with Gasteiger partial charge in [0.15, 0.2) is 11.6 Å². The molecule has 1 atom stereocenters. The van der Waals surface area contributed by atoms with Crippen molar-refractivity contribution in [1.29, 1.82) is 5.26 Å². The quantitative estimate of drug-likeness (QED) is 0.510. The van der Waals surface area contributed by atoms with E-state index in [9.17, 15) is 13.2 Å². The second-order valence-corrected chi connectivity index (χ2v) is 11.0. The lowest BCUT2D eigenvalue weighted by Gasteiger charge is -2.28. The van der Waals surface area contributed by atoms with Gasteiger partial charge >= 0.3 is 0 Å². The van der Waals surface area contributed by atoms with Gasteiger partial charge in [0.2, 0.25) is 10.0 Å². The molecule has 3 aromatic rings. The third kappa shape index (κ3) is 5.90. The molecule has 0 saturated carbocycles. The number of halogens is 1. The van der Waals surface area contributed by atoms with Crippen LogP contribution in [0.1, 0.15) is 47.6 Å². The van der Waals surface area contributed by atoms with E-state index in [2.05, 4.69) is 15.4 Å². The standard InChI is InChI=1S/C23H25ClN6O4S/c1-15(13-29-8-7-20(28-29)17-3-4-18(12-25)19(24)11-17)26-22(31)21-14-34-23(27-21)16-5-9-30(10-6-16)35(2,32)33/h3-4,7-8,11,14-16H,5-6,9-10,13H2,1-2H3,(H,26,31)/t15-/m0/s1. The van der Waals surface area contributed by atoms with Crippen molar-refractivity contribution in [3.63, 3.8) is 0 Å². The van der Waals surface area contributed by atoms with E-state index in [1.807, 2.05) is 19.1 Å². The van der Waals surface area contributed by atoms with Crippen LogP contribution in [0.4, 0.5) is 0 Å². The first kappa shape index (κ1) is 24.9. The molecule has 0 spiro atoms. The molecule has 3 heterocycles. The lowest BCUT2D eigenvalue weighted by molar-refractivity contribution is 0.0931. The predicted molar refractivity (Wildman–Crippen MR) is 129 cm³/mol. The van der Waals surface area contributed by atoms with Crippen LogP contribution in [0.2, 0.25) is 5.02 Å². The van der Waals surface area contributed by atoms with E-state index in [0.717, 1.165) is 5.56 Å². The summed E-state index contributed by atoms with van der Waals surface area (Å²) in [5.41, 5.74) is 2.09. The molecule has 184 valence electrons. The number of oxazole rings is 1. The normalized spacial score (nSPS) is 16.1. The maximum Gasteiger partial charge on any atom is 0.273 e. The highest BCUT2D eigenvalue weighted by Gasteiger charge is 2.29. The lowest BCUT2D eigenvalue weighted by Crippen LogP contribution is -2.37. The van der Waals surface area contributed by atoms with Gasteiger partial charge < -0.3 is 9.73 Å². The van der Waals surface area contributed by atoms with Crippen LogP contribution < -0.4 is 5.32 Å². The molecule has 1 amide bonds. The summed E-state index contributed by atoms with van der Waals surface area (Å²) >= 11 is 6.12. The predicted octanol–water partition coefficient (Wildman–Crippen LogP) is 3.02. The molecule has 1 saturated heterocycles. The van der Waals surface area contributed by atoms with Gasteiger partial charge in [0.05, 0.1) is 29.1 Å². The Morgan fingerprint density at radius 2 is 2.09 bits per heavy atom. The van der Waals surface area contributed by atoms with Crippen LogP contribution in [-0.4, -0.2) is 58.8 Å². The van der Waals surface area contributed by atoms with E-state index in [4.69, 9.17) is 21.3 Å². The first-order valence-electron chi connectivity index (χ1n) is 11.1. The SMILES string of the molecule is C[C@@H](Cn1ccc(-c2ccc(C#N)c(Cl)c2)n1)NC(=O)c1coc(C2CCN(S(C)(=O)=O)CC2)n1. The molecule has 1 aliphatic heterocycles. The topological polar surface area (TPSA) is 134 Å². The van der Waals surface area contributed by atoms with Gasteiger partial charge in [0.25, 0.3) is 5.91 Å². The number of rotatable bonds is 7. The number of piperidine rings is 1. The van der Waals surface area contributed by atoms with Crippen molar-refractivity contribution in [2.75, 3.05) is 19.3 Å². The Morgan fingerprint density at radius 1 is 1.34 bits per heavy atom. The second-order valence-electron chi connectivity index (χ2n) is 8.61. The third-order valence-electron chi connectivity index (χ3n) is 5.89. The highest BCUT2D eigenvalue weighted by atomic mass is 35.5. The molecule has 1 fully saturated rings. The molecular formula is C23H25ClN6O4S. The highest BCUT2D eigenvalue weighted by molar-refractivity contribution is 7.88. The van der Waals surface area contributed by atoms with Crippen LogP contribution in [0.15, 0.2) is 41.1 Å². The summed E-state index contributed by atoms with van der Waals surface area (Å²) < 4.78 is 32.1. The molecule has 1 N–H and O–H groups in total. The van der Waals surface area contributed by atoms with Gasteiger partial charge in [0.1, 0.15) is 12.3 Å². The van der Waals surface area contributed by atoms with E-state index < -0.39 is 10.0 Å². The van der Waals surface area contributed by atoms with Gasteiger partial charge in [-0.05, 0) is 38.0 Å². The third-order valence-corrected chi connectivity index (χ3v) is 7.51. The fourth-order valence-electron chi connectivity index (χ4n) is 4.02. The Balaban J connectivity index is 1.32. The smallest absolute Gasteiger partial charge is 0.273 e. The first-order valence-corrected chi connectivity index (χ1v) is 13.3. The van der Waals surface area contributed by atoms with E-state index in [-0.39, 0.29) is 23.6 Å². The lowest BCUT2D eigenvalue weighted by atomic mass is 9.98. The first-order chi connectivity index (χ1) is 16.6. The average Bonchev–Trinajstić information content (AvgIpc) is 3.49. The van der Waals surface area contributed by atoms with E-state index in [0.29, 0.717) is 54.6 Å². The molecular weight excluding hydrogens is 492 g/mol. The Hall–Kier alpha value is -3.20. The molecule has 2 aromatic heterocycles. The molecule has 0 radical (unpaired) electrons. The van der Waals surface area contributed by atoms with E-state index in [1.165, 1.54) is 16.8 Å². The van der Waals surface area contributed by atoms with Crippen LogP contribution in [0.25, 0.3) is 11.3 Å². The van der Waals surface area contributed by atoms with Gasteiger partial charge in [-0.25, -0.2) is 17.7 Å². The summed E-state index contributed by atoms with van der Waals surface area (Å²) in [6.45, 7) is 3.11. The minimum absolute atomic E-state index is 0.0230. The summed E-state index contributed by atoms with van der Waals surface area (Å²) in [5.74, 6) is 0.0753. The van der Waals surface area contributed by atoms with Gasteiger partial charge in [0, 0.05) is 36.8 Å². The molecule has 1 aromatic carbocycles. The molecule has 1 aliphatic rings. The fourth-order valence-corrected chi connectivity index (χ4v) is 5.12. The number of benzene rings is 1. The van der Waals surface area contributed by atoms with Gasteiger partial charge in [-0.1, -0.05) is 17.7 Å². The number of sulfonamides is 1. The van der Waals surface area contributed by atoms with Crippen LogP contribution >= 0.6 is 11.6 Å². The molecule has 0 bridgehead atoms. The Kier molecular flexibility index (Phi) is 7.25. The molecule has 12 heteroatoms. The van der Waals surface area contributed by atoms with Crippen molar-refractivity contribution in [1.82, 2.24) is 24.4 Å². The molecule has 0 aliphatic carbocycles. The number of nitrogens with zero attached hydrogens (tertiary/aromatic N) is 5. The maximum absolute atomic E-state index is 12.7. The highest BCUT2D eigenvalue weighted by Crippen LogP contribution is 2.28. The number of carbonyl (C=O) groups excluding carboxylic acids is 1. The largest absolute Gasteiger partial charge is 0.448 e. The van der Waals surface area contributed by atoms with E-state index in [1.54, 1.807) is 29.1 Å². The van der Waals surface area contributed by atoms with Crippen LogP contribution in [0.3, 0.4) is 0 Å². The zero-order chi connectivity index (χ0) is 25.2. The number of amides is 1. The number of aromatic nitrogens is 3. The van der Waals surface area contributed by atoms with Gasteiger partial charge in [-0.15, -0.1) is 0 Å². The summed E-state index contributed by atoms with van der Waals surface area (Å²) in [4.78, 5) is 17.0. The average molecular weight is 517 g/mol. The minimum atomic E-state index is -3.20. The molecule has 4 rings (SSSR count). The zero-order valence-corrected chi connectivity index (χ0v) is 20.9. The summed E-state index contributed by atoms with van der Waals surface area (Å²) in [5, 5.41) is 16.8. The van der Waals surface area contributed by atoms with Crippen molar-refractivity contribution in [2.24, 2.45) is 0 Å². The van der Waals surface area contributed by atoms with Crippen LogP contribution in [0.5, 0.6) is 0 Å². The number of nitrogens with one attached hydrogen (secondary N) is 1. The van der Waals surface area contributed by atoms with Crippen molar-refractivity contribution in [2.45, 2.75) is 38.3 Å². The molecule has 0 unspecified atom stereocenters. The molecule has 10 nitrogen and oxygen atoms in total. The van der Waals surface area contributed by atoms with Gasteiger partial charge in [-0.2, -0.15) is 10.4 Å². The summed E-state index contributed by atoms with van der Waals surface area (Å²) in [6.07, 6.45) is 5.53. The van der Waals surface area contributed by atoms with Crippen molar-refractivity contribution in [3.05, 3.63) is 58.9 Å². The number of hydrogen-bond acceptors (Lipinski definition) is 7. The summed E-state index contributed by atoms with van der Waals surface area (Å²) in [6, 6.07) is 8.77. The van der Waals surface area contributed by atoms with Crippen LogP contribution in [0, 0.1) is 11.3 Å². The fraction of sp³-hybridized carbons (Fsp3) is 0.391. The van der Waals surface area contributed by atoms with Crippen molar-refractivity contribution < 1.29 is 17.6 Å². The maximum atomic E-state index is 12.7. The Bertz CT molecular complexity index is 1370. The second kappa shape index (κ2) is 10.2. The van der Waals surface area contributed by atoms with E-state index >= 15 is 0 Å². The van der Waals surface area contributed by atoms with Crippen LogP contribution in [-0.2, 0) is 16.6 Å². The number of hydrogen-bond donors (Lipinski definition) is 1. The Morgan fingerprint density at radius 3 is 2.74 bits per heavy atom. The Labute approximate surface area is 208 Å². The van der Waals surface area contributed by atoms with Gasteiger partial charge in [-0.3, -0.25) is 9.48 Å². The number of carbonyl (C=O) groups is 1. The monoisotopic (exact) mass is 516 g/mol. The number of nitriles is 1. The minimum Gasteiger partial charge on any atom is -0.448 e. The van der Waals surface area contributed by atoms with Crippen molar-refractivity contribution >= 4 is 27.5 Å². The molecule has 35 heavy (non-hydrogen) atoms. The van der Waals surface area contributed by atoms with Crippen molar-refractivity contribution in [3.8, 4) is 17.3 Å².